The van der Waals surface area contributed by atoms with E-state index in [2.05, 4.69) is 25.2 Å². The minimum absolute atomic E-state index is 0.0137. The van der Waals surface area contributed by atoms with Crippen molar-refractivity contribution in [2.45, 2.75) is 58.5 Å². The third-order valence-electron chi connectivity index (χ3n) is 7.60. The maximum atomic E-state index is 13.2. The molecule has 4 rings (SSSR count). The third-order valence-corrected chi connectivity index (χ3v) is 7.60. The van der Waals surface area contributed by atoms with Gasteiger partial charge in [0.1, 0.15) is 23.6 Å². The molecule has 0 spiro atoms. The van der Waals surface area contributed by atoms with Crippen LogP contribution in [-0.2, 0) is 14.4 Å². The van der Waals surface area contributed by atoms with E-state index in [-0.39, 0.29) is 47.4 Å². The number of nitrogens with one attached hydrogen (secondary N) is 1. The van der Waals surface area contributed by atoms with E-state index in [1.807, 2.05) is 31.2 Å². The molecule has 1 heterocycles. The monoisotopic (exact) mass is 437 g/mol. The Morgan fingerprint density at radius 1 is 1.31 bits per heavy atom. The molecule has 7 heteroatoms. The summed E-state index contributed by atoms with van der Waals surface area (Å²) in [7, 11) is 0. The van der Waals surface area contributed by atoms with Crippen LogP contribution < -0.4 is 10.1 Å². The fourth-order valence-corrected chi connectivity index (χ4v) is 5.53. The standard InChI is InChI=1S/C25H31N3O4/c1-15-7-9-18(10-8-15)32-14-21(30)28-13-19-22(25(19,2)3)23(28)24(31)27-17(12-26)11-16-5-4-6-20(16)29/h7-10,16-17,19,22-23H,4-6,11,13-14H2,1-3H3,(H,27,31)/t16-,17-,19-,22-,23-/m0/s1. The molecule has 2 amide bonds. The largest absolute Gasteiger partial charge is 0.484 e. The van der Waals surface area contributed by atoms with Crippen molar-refractivity contribution in [3.8, 4) is 11.8 Å². The fraction of sp³-hybridized carbons (Fsp3) is 0.600. The van der Waals surface area contributed by atoms with Gasteiger partial charge in [-0.2, -0.15) is 5.26 Å². The number of benzene rings is 1. The number of rotatable bonds is 7. The summed E-state index contributed by atoms with van der Waals surface area (Å²) in [5.41, 5.74) is 1.09. The third kappa shape index (κ3) is 4.23. The van der Waals surface area contributed by atoms with Crippen LogP contribution >= 0.6 is 0 Å². The van der Waals surface area contributed by atoms with E-state index in [1.165, 1.54) is 0 Å². The van der Waals surface area contributed by atoms with Crippen molar-refractivity contribution in [3.63, 3.8) is 0 Å². The molecule has 7 nitrogen and oxygen atoms in total. The average molecular weight is 438 g/mol. The van der Waals surface area contributed by atoms with Gasteiger partial charge in [-0.3, -0.25) is 14.4 Å². The lowest BCUT2D eigenvalue weighted by Crippen LogP contribution is -2.53. The lowest BCUT2D eigenvalue weighted by atomic mass is 9.97. The highest BCUT2D eigenvalue weighted by Crippen LogP contribution is 2.64. The maximum Gasteiger partial charge on any atom is 0.261 e. The minimum atomic E-state index is -0.726. The number of hydrogen-bond donors (Lipinski definition) is 1. The van der Waals surface area contributed by atoms with Crippen molar-refractivity contribution in [1.29, 1.82) is 5.26 Å². The number of fused-ring (bicyclic) bond motifs is 1. The van der Waals surface area contributed by atoms with Gasteiger partial charge >= 0.3 is 0 Å². The quantitative estimate of drug-likeness (QED) is 0.707. The highest BCUT2D eigenvalue weighted by Gasteiger charge is 2.69. The molecule has 3 fully saturated rings. The molecule has 1 aromatic rings. The fourth-order valence-electron chi connectivity index (χ4n) is 5.53. The zero-order chi connectivity index (χ0) is 23.0. The molecule has 1 aromatic carbocycles. The second-order valence-electron chi connectivity index (χ2n) is 10.0. The molecule has 170 valence electrons. The van der Waals surface area contributed by atoms with E-state index in [0.717, 1.165) is 18.4 Å². The van der Waals surface area contributed by atoms with Gasteiger partial charge in [-0.25, -0.2) is 0 Å². The van der Waals surface area contributed by atoms with Crippen molar-refractivity contribution in [1.82, 2.24) is 10.2 Å². The van der Waals surface area contributed by atoms with Crippen molar-refractivity contribution < 1.29 is 19.1 Å². The Morgan fingerprint density at radius 3 is 2.66 bits per heavy atom. The van der Waals surface area contributed by atoms with Crippen LogP contribution in [0, 0.1) is 41.4 Å². The van der Waals surface area contributed by atoms with Crippen LogP contribution in [0.1, 0.15) is 45.1 Å². The number of piperidine rings is 1. The first kappa shape index (κ1) is 22.3. The number of carbonyl (C=O) groups is 3. The van der Waals surface area contributed by atoms with Gasteiger partial charge < -0.3 is 15.0 Å². The number of ether oxygens (including phenoxy) is 1. The lowest BCUT2D eigenvalue weighted by molar-refractivity contribution is -0.142. The number of likely N-dealkylation sites (tertiary alicyclic amines) is 1. The molecular formula is C25H31N3O4. The van der Waals surface area contributed by atoms with Crippen molar-refractivity contribution in [3.05, 3.63) is 29.8 Å². The first-order valence-corrected chi connectivity index (χ1v) is 11.4. The van der Waals surface area contributed by atoms with Crippen LogP contribution in [0.5, 0.6) is 5.75 Å². The molecule has 0 bridgehead atoms. The number of carbonyl (C=O) groups excluding carboxylic acids is 3. The van der Waals surface area contributed by atoms with E-state index < -0.39 is 12.1 Å². The lowest BCUT2D eigenvalue weighted by Gasteiger charge is -2.30. The van der Waals surface area contributed by atoms with Crippen LogP contribution in [0.25, 0.3) is 0 Å². The number of nitriles is 1. The average Bonchev–Trinajstić information content (AvgIpc) is 3.13. The summed E-state index contributed by atoms with van der Waals surface area (Å²) < 4.78 is 5.66. The molecule has 5 atom stereocenters. The molecule has 1 saturated heterocycles. The first-order valence-electron chi connectivity index (χ1n) is 11.4. The number of nitrogens with zero attached hydrogens (tertiary/aromatic N) is 2. The Hall–Kier alpha value is -2.88. The second kappa shape index (κ2) is 8.57. The topological polar surface area (TPSA) is 99.5 Å². The Kier molecular flexibility index (Phi) is 5.98. The van der Waals surface area contributed by atoms with Gasteiger partial charge in [-0.15, -0.1) is 0 Å². The molecule has 32 heavy (non-hydrogen) atoms. The Balaban J connectivity index is 1.41. The van der Waals surface area contributed by atoms with Crippen molar-refractivity contribution >= 4 is 17.6 Å². The van der Waals surface area contributed by atoms with Gasteiger partial charge in [0.25, 0.3) is 5.91 Å². The van der Waals surface area contributed by atoms with E-state index in [4.69, 9.17) is 4.74 Å². The van der Waals surface area contributed by atoms with E-state index in [1.54, 1.807) is 4.90 Å². The summed E-state index contributed by atoms with van der Waals surface area (Å²) in [5.74, 6) is 0.428. The zero-order valence-corrected chi connectivity index (χ0v) is 19.0. The number of Topliss-reactive ketones (excluding diaryl/α,β-unsaturated/α-hetero) is 1. The Bertz CT molecular complexity index is 949. The zero-order valence-electron chi connectivity index (χ0n) is 19.0. The van der Waals surface area contributed by atoms with Crippen LogP contribution in [0.2, 0.25) is 0 Å². The van der Waals surface area contributed by atoms with Gasteiger partial charge in [0.15, 0.2) is 6.61 Å². The molecule has 1 N–H and O–H groups in total. The predicted octanol–water partition coefficient (Wildman–Crippen LogP) is 2.62. The summed E-state index contributed by atoms with van der Waals surface area (Å²) in [6.45, 7) is 6.60. The maximum absolute atomic E-state index is 13.2. The van der Waals surface area contributed by atoms with Crippen molar-refractivity contribution in [2.24, 2.45) is 23.2 Å². The number of ketones is 1. The normalized spacial score (nSPS) is 28.6. The number of hydrogen-bond acceptors (Lipinski definition) is 5. The van der Waals surface area contributed by atoms with Gasteiger partial charge in [0.05, 0.1) is 6.07 Å². The molecule has 0 radical (unpaired) electrons. The van der Waals surface area contributed by atoms with Crippen LogP contribution in [-0.4, -0.2) is 47.7 Å². The summed E-state index contributed by atoms with van der Waals surface area (Å²) in [4.78, 5) is 39.8. The van der Waals surface area contributed by atoms with Gasteiger partial charge in [0, 0.05) is 18.9 Å². The molecule has 0 unspecified atom stereocenters. The molecular weight excluding hydrogens is 406 g/mol. The molecule has 2 saturated carbocycles. The summed E-state index contributed by atoms with van der Waals surface area (Å²) in [5, 5.41) is 12.4. The smallest absolute Gasteiger partial charge is 0.261 e. The molecule has 1 aliphatic heterocycles. The molecule has 3 aliphatic rings. The second-order valence-corrected chi connectivity index (χ2v) is 10.0. The van der Waals surface area contributed by atoms with Crippen LogP contribution in [0.4, 0.5) is 0 Å². The molecule has 2 aliphatic carbocycles. The summed E-state index contributed by atoms with van der Waals surface area (Å²) in [6.07, 6.45) is 2.52. The number of aryl methyl sites for hydroxylation is 1. The highest BCUT2D eigenvalue weighted by molar-refractivity contribution is 5.90. The minimum Gasteiger partial charge on any atom is -0.484 e. The van der Waals surface area contributed by atoms with Crippen LogP contribution in [0.15, 0.2) is 24.3 Å². The SMILES string of the molecule is Cc1ccc(OCC(=O)N2C[C@H]3[C@@H]([C@H]2C(=O)N[C@H](C#N)C[C@@H]2CCCC2=O)C3(C)C)cc1. The first-order chi connectivity index (χ1) is 15.2. The highest BCUT2D eigenvalue weighted by atomic mass is 16.5. The summed E-state index contributed by atoms with van der Waals surface area (Å²) in [6, 6.07) is 8.27. The Morgan fingerprint density at radius 2 is 2.03 bits per heavy atom. The summed E-state index contributed by atoms with van der Waals surface area (Å²) >= 11 is 0. The van der Waals surface area contributed by atoms with E-state index in [9.17, 15) is 19.6 Å². The predicted molar refractivity (Wildman–Crippen MR) is 117 cm³/mol. The van der Waals surface area contributed by atoms with Gasteiger partial charge in [0.2, 0.25) is 5.91 Å². The van der Waals surface area contributed by atoms with E-state index in [0.29, 0.717) is 25.1 Å². The van der Waals surface area contributed by atoms with Gasteiger partial charge in [-0.05, 0) is 55.6 Å². The number of amides is 2. The van der Waals surface area contributed by atoms with Crippen LogP contribution in [0.3, 0.4) is 0 Å². The van der Waals surface area contributed by atoms with Gasteiger partial charge in [-0.1, -0.05) is 31.5 Å². The van der Waals surface area contributed by atoms with Crippen molar-refractivity contribution in [2.75, 3.05) is 13.2 Å². The Labute approximate surface area is 189 Å². The van der Waals surface area contributed by atoms with E-state index >= 15 is 0 Å². The molecule has 0 aromatic heterocycles.